The van der Waals surface area contributed by atoms with Crippen LogP contribution in [-0.4, -0.2) is 22.6 Å². The van der Waals surface area contributed by atoms with Gasteiger partial charge >= 0.3 is 5.91 Å². The van der Waals surface area contributed by atoms with Crippen LogP contribution in [0.4, 0.5) is 5.69 Å². The van der Waals surface area contributed by atoms with Crippen LogP contribution in [0.2, 0.25) is 0 Å². The van der Waals surface area contributed by atoms with E-state index in [9.17, 15) is 9.90 Å². The average Bonchev–Trinajstić information content (AvgIpc) is 2.88. The van der Waals surface area contributed by atoms with E-state index < -0.39 is 5.91 Å². The Hall–Kier alpha value is -3.15. The Morgan fingerprint density at radius 3 is 2.68 bits per heavy atom. The molecule has 0 atom stereocenters. The van der Waals surface area contributed by atoms with E-state index in [0.29, 0.717) is 5.75 Å². The minimum Gasteiger partial charge on any atom is -0.493 e. The first kappa shape index (κ1) is 16.7. The van der Waals surface area contributed by atoms with Crippen LogP contribution in [0.1, 0.15) is 16.7 Å². The van der Waals surface area contributed by atoms with E-state index in [1.165, 1.54) is 0 Å². The second-order valence-electron chi connectivity index (χ2n) is 5.97. The first-order chi connectivity index (χ1) is 12.0. The summed E-state index contributed by atoms with van der Waals surface area (Å²) in [5.41, 5.74) is 4.00. The van der Waals surface area contributed by atoms with Crippen LogP contribution in [0.3, 0.4) is 0 Å². The van der Waals surface area contributed by atoms with Crippen molar-refractivity contribution in [2.75, 3.05) is 6.61 Å². The van der Waals surface area contributed by atoms with Crippen LogP contribution in [0.25, 0.3) is 10.9 Å². The number of para-hydroxylation sites is 1. The van der Waals surface area contributed by atoms with Crippen molar-refractivity contribution in [2.24, 2.45) is 10.2 Å². The number of H-pyrrole nitrogens is 1. The topological polar surface area (TPSA) is 87.0 Å². The molecule has 0 spiro atoms. The lowest BCUT2D eigenvalue weighted by Crippen LogP contribution is -2.08. The van der Waals surface area contributed by atoms with Gasteiger partial charge < -0.3 is 14.8 Å². The third kappa shape index (κ3) is 3.52. The third-order valence-electron chi connectivity index (χ3n) is 3.91. The molecule has 1 heterocycles. The Labute approximate surface area is 145 Å². The van der Waals surface area contributed by atoms with Crippen molar-refractivity contribution in [1.29, 1.82) is 0 Å². The van der Waals surface area contributed by atoms with Crippen LogP contribution >= 0.6 is 0 Å². The predicted molar refractivity (Wildman–Crippen MR) is 95.6 cm³/mol. The number of benzene rings is 2. The number of aryl methyl sites for hydroxylation is 3. The molecule has 2 N–H and O–H groups in total. The molecule has 0 saturated heterocycles. The molecule has 25 heavy (non-hydrogen) atoms. The number of aromatic nitrogens is 1. The van der Waals surface area contributed by atoms with Gasteiger partial charge in [-0.15, -0.1) is 10.2 Å². The van der Waals surface area contributed by atoms with Crippen LogP contribution in [0.15, 0.2) is 46.6 Å². The summed E-state index contributed by atoms with van der Waals surface area (Å²) in [4.78, 5) is 14.8. The van der Waals surface area contributed by atoms with Gasteiger partial charge in [-0.2, -0.15) is 0 Å². The first-order valence-electron chi connectivity index (χ1n) is 7.90. The van der Waals surface area contributed by atoms with E-state index >= 15 is 0 Å². The van der Waals surface area contributed by atoms with Gasteiger partial charge in [-0.3, -0.25) is 4.79 Å². The van der Waals surface area contributed by atoms with Gasteiger partial charge in [0.25, 0.3) is 0 Å². The number of nitrogens with zero attached hydrogens (tertiary/aromatic N) is 2. The number of hydrogen-bond acceptors (Lipinski definition) is 4. The van der Waals surface area contributed by atoms with Gasteiger partial charge in [0.15, 0.2) is 12.3 Å². The van der Waals surface area contributed by atoms with E-state index in [2.05, 4.69) is 15.2 Å². The molecule has 128 valence electrons. The quantitative estimate of drug-likeness (QED) is 0.688. The second kappa shape index (κ2) is 6.76. The maximum atomic E-state index is 11.9. The smallest absolute Gasteiger partial charge is 0.302 e. The number of fused-ring (bicyclic) bond motifs is 1. The fourth-order valence-corrected chi connectivity index (χ4v) is 2.72. The Kier molecular flexibility index (Phi) is 4.52. The van der Waals surface area contributed by atoms with Crippen LogP contribution in [0, 0.1) is 20.8 Å². The SMILES string of the molecule is Cc1cc(C)c2[nH]c(O)c(N=NC(=O)COc3ccccc3C)c2c1. The minimum absolute atomic E-state index is 0.111. The monoisotopic (exact) mass is 337 g/mol. The van der Waals surface area contributed by atoms with Crippen molar-refractivity contribution >= 4 is 22.5 Å². The summed E-state index contributed by atoms with van der Waals surface area (Å²) in [6.07, 6.45) is 0. The van der Waals surface area contributed by atoms with Crippen molar-refractivity contribution in [3.05, 3.63) is 53.1 Å². The average molecular weight is 337 g/mol. The van der Waals surface area contributed by atoms with Gasteiger partial charge in [0, 0.05) is 5.39 Å². The molecule has 0 radical (unpaired) electrons. The van der Waals surface area contributed by atoms with E-state index in [0.717, 1.165) is 27.6 Å². The lowest BCUT2D eigenvalue weighted by molar-refractivity contribution is -0.120. The molecule has 0 fully saturated rings. The summed E-state index contributed by atoms with van der Waals surface area (Å²) in [7, 11) is 0. The van der Waals surface area contributed by atoms with E-state index in [-0.39, 0.29) is 18.2 Å². The maximum absolute atomic E-state index is 11.9. The molecule has 0 saturated carbocycles. The number of carbonyl (C=O) groups excluding carboxylic acids is 1. The number of azo groups is 1. The van der Waals surface area contributed by atoms with E-state index in [1.54, 1.807) is 6.07 Å². The predicted octanol–water partition coefficient (Wildman–Crippen LogP) is 4.49. The lowest BCUT2D eigenvalue weighted by atomic mass is 10.1. The fraction of sp³-hybridized carbons (Fsp3) is 0.211. The maximum Gasteiger partial charge on any atom is 0.302 e. The van der Waals surface area contributed by atoms with Crippen LogP contribution in [0.5, 0.6) is 11.6 Å². The molecule has 3 rings (SSSR count). The van der Waals surface area contributed by atoms with E-state index in [4.69, 9.17) is 4.74 Å². The van der Waals surface area contributed by atoms with Crippen molar-refractivity contribution in [3.63, 3.8) is 0 Å². The molecule has 1 aromatic heterocycles. The first-order valence-corrected chi connectivity index (χ1v) is 7.90. The largest absolute Gasteiger partial charge is 0.493 e. The number of aromatic hydroxyl groups is 1. The summed E-state index contributed by atoms with van der Waals surface area (Å²) in [5, 5.41) is 18.4. The highest BCUT2D eigenvalue weighted by atomic mass is 16.5. The molecular weight excluding hydrogens is 318 g/mol. The zero-order valence-corrected chi connectivity index (χ0v) is 14.3. The molecule has 0 aliphatic carbocycles. The molecule has 3 aromatic rings. The number of aromatic amines is 1. The van der Waals surface area contributed by atoms with Crippen molar-refractivity contribution in [2.45, 2.75) is 20.8 Å². The number of rotatable bonds is 4. The van der Waals surface area contributed by atoms with Gasteiger partial charge in [-0.25, -0.2) is 0 Å². The van der Waals surface area contributed by atoms with Crippen LogP contribution < -0.4 is 4.74 Å². The number of carbonyl (C=O) groups is 1. The van der Waals surface area contributed by atoms with Crippen molar-refractivity contribution in [1.82, 2.24) is 4.98 Å². The fourth-order valence-electron chi connectivity index (χ4n) is 2.72. The normalized spacial score (nSPS) is 11.3. The number of ether oxygens (including phenoxy) is 1. The number of hydrogen-bond donors (Lipinski definition) is 2. The summed E-state index contributed by atoms with van der Waals surface area (Å²) in [6, 6.07) is 11.3. The molecule has 0 aliphatic heterocycles. The molecule has 0 bridgehead atoms. The third-order valence-corrected chi connectivity index (χ3v) is 3.91. The minimum atomic E-state index is -0.527. The molecule has 1 amide bonds. The van der Waals surface area contributed by atoms with Gasteiger partial charge in [0.2, 0.25) is 5.88 Å². The highest BCUT2D eigenvalue weighted by molar-refractivity contribution is 5.96. The van der Waals surface area contributed by atoms with Crippen LogP contribution in [-0.2, 0) is 4.79 Å². The summed E-state index contributed by atoms with van der Waals surface area (Å²) in [5.74, 6) is -0.00584. The molecule has 2 aromatic carbocycles. The van der Waals surface area contributed by atoms with Gasteiger partial charge in [-0.1, -0.05) is 29.8 Å². The van der Waals surface area contributed by atoms with Gasteiger partial charge in [0.1, 0.15) is 5.75 Å². The summed E-state index contributed by atoms with van der Waals surface area (Å²) in [6.45, 7) is 5.58. The van der Waals surface area contributed by atoms with Gasteiger partial charge in [0.05, 0.1) is 5.52 Å². The Bertz CT molecular complexity index is 973. The van der Waals surface area contributed by atoms with E-state index in [1.807, 2.05) is 51.1 Å². The van der Waals surface area contributed by atoms with Crippen molar-refractivity contribution in [3.8, 4) is 11.6 Å². The Morgan fingerprint density at radius 1 is 1.16 bits per heavy atom. The second-order valence-corrected chi connectivity index (χ2v) is 5.97. The molecule has 6 nitrogen and oxygen atoms in total. The summed E-state index contributed by atoms with van der Waals surface area (Å²) >= 11 is 0. The summed E-state index contributed by atoms with van der Waals surface area (Å²) < 4.78 is 5.45. The zero-order chi connectivity index (χ0) is 18.0. The van der Waals surface area contributed by atoms with Gasteiger partial charge in [-0.05, 0) is 44.0 Å². The highest BCUT2D eigenvalue weighted by Gasteiger charge is 2.13. The highest BCUT2D eigenvalue weighted by Crippen LogP contribution is 2.37. The van der Waals surface area contributed by atoms with Crippen molar-refractivity contribution < 1.29 is 14.6 Å². The number of amides is 1. The number of nitrogens with one attached hydrogen (secondary N) is 1. The lowest BCUT2D eigenvalue weighted by Gasteiger charge is -2.05. The Morgan fingerprint density at radius 2 is 1.92 bits per heavy atom. The standard InChI is InChI=1S/C19H19N3O3/c1-11-8-13(3)17-14(9-11)18(19(24)20-17)22-21-16(23)10-25-15-7-5-4-6-12(15)2/h4-9,20,24H,10H2,1-3H3. The Balaban J connectivity index is 1.78. The molecule has 0 aliphatic rings. The molecule has 6 heteroatoms. The zero-order valence-electron chi connectivity index (χ0n) is 14.3. The molecular formula is C19H19N3O3. The molecule has 0 unspecified atom stereocenters.